The lowest BCUT2D eigenvalue weighted by Crippen LogP contribution is -2.51. The van der Waals surface area contributed by atoms with Crippen LogP contribution in [0.3, 0.4) is 0 Å². The van der Waals surface area contributed by atoms with Crippen molar-refractivity contribution in [1.29, 1.82) is 0 Å². The second-order valence-electron chi connectivity index (χ2n) is 12.1. The first-order valence-corrected chi connectivity index (χ1v) is 15.7. The van der Waals surface area contributed by atoms with Crippen LogP contribution in [0, 0.1) is 24.7 Å². The van der Waals surface area contributed by atoms with Gasteiger partial charge in [-0.05, 0) is 74.0 Å². The number of anilines is 2. The predicted octanol–water partition coefficient (Wildman–Crippen LogP) is 4.00. The van der Waals surface area contributed by atoms with E-state index in [0.717, 1.165) is 52.2 Å². The summed E-state index contributed by atoms with van der Waals surface area (Å²) in [5.74, 6) is 3.29. The van der Waals surface area contributed by atoms with E-state index < -0.39 is 5.41 Å². The first-order chi connectivity index (χ1) is 22.9. The van der Waals surface area contributed by atoms with Gasteiger partial charge >= 0.3 is 0 Å². The SMILES string of the molecule is C#CC1(C(=O)Nc2ccc3[nH]nc(-c4ccnc(C)c4)c3c2)CCN(CC(=O)N2CCN(c3ccc(-c4ncccn4)cc3)CC2)C1. The molecule has 47 heavy (non-hydrogen) atoms. The molecule has 0 aliphatic carbocycles. The molecule has 2 saturated heterocycles. The van der Waals surface area contributed by atoms with Crippen molar-refractivity contribution < 1.29 is 9.59 Å². The van der Waals surface area contributed by atoms with Crippen LogP contribution in [0.1, 0.15) is 12.1 Å². The number of nitrogens with one attached hydrogen (secondary N) is 2. The number of H-pyrrole nitrogens is 1. The second-order valence-corrected chi connectivity index (χ2v) is 12.1. The fourth-order valence-electron chi connectivity index (χ4n) is 6.42. The van der Waals surface area contributed by atoms with Crippen LogP contribution in [0.4, 0.5) is 11.4 Å². The maximum atomic E-state index is 13.6. The molecule has 5 aromatic rings. The van der Waals surface area contributed by atoms with Crippen LogP contribution in [0.15, 0.2) is 79.3 Å². The van der Waals surface area contributed by atoms with E-state index in [1.807, 2.05) is 59.2 Å². The van der Waals surface area contributed by atoms with Crippen molar-refractivity contribution in [2.75, 3.05) is 56.0 Å². The summed E-state index contributed by atoms with van der Waals surface area (Å²) in [6.45, 7) is 5.83. The highest BCUT2D eigenvalue weighted by atomic mass is 16.2. The molecule has 1 unspecified atom stereocenters. The number of aromatic amines is 1. The van der Waals surface area contributed by atoms with Crippen LogP contribution >= 0.6 is 0 Å². The number of aryl methyl sites for hydroxylation is 1. The lowest BCUT2D eigenvalue weighted by Gasteiger charge is -2.37. The molecule has 3 aromatic heterocycles. The van der Waals surface area contributed by atoms with Gasteiger partial charge in [0.05, 0.1) is 12.1 Å². The Hall–Kier alpha value is -5.60. The van der Waals surface area contributed by atoms with Gasteiger partial charge in [-0.2, -0.15) is 5.10 Å². The van der Waals surface area contributed by atoms with E-state index in [1.54, 1.807) is 24.7 Å². The maximum Gasteiger partial charge on any atom is 0.244 e. The number of fused-ring (bicyclic) bond motifs is 1. The Morgan fingerprint density at radius 1 is 0.936 bits per heavy atom. The number of aromatic nitrogens is 5. The molecule has 0 bridgehead atoms. The molecule has 2 amide bonds. The molecule has 2 aromatic carbocycles. The summed E-state index contributed by atoms with van der Waals surface area (Å²) < 4.78 is 0. The number of hydrogen-bond donors (Lipinski definition) is 2. The normalized spacial score (nSPS) is 18.3. The zero-order chi connectivity index (χ0) is 32.4. The molecule has 2 fully saturated rings. The Balaban J connectivity index is 0.944. The van der Waals surface area contributed by atoms with Crippen LogP contribution < -0.4 is 10.2 Å². The van der Waals surface area contributed by atoms with E-state index in [2.05, 4.69) is 53.4 Å². The predicted molar refractivity (Wildman–Crippen MR) is 181 cm³/mol. The minimum Gasteiger partial charge on any atom is -0.368 e. The van der Waals surface area contributed by atoms with E-state index in [-0.39, 0.29) is 18.4 Å². The molecular weight excluding hydrogens is 590 g/mol. The summed E-state index contributed by atoms with van der Waals surface area (Å²) in [6.07, 6.45) is 11.7. The minimum atomic E-state index is -1.02. The quantitative estimate of drug-likeness (QED) is 0.260. The average Bonchev–Trinajstić information content (AvgIpc) is 3.73. The van der Waals surface area contributed by atoms with E-state index in [0.29, 0.717) is 44.1 Å². The van der Waals surface area contributed by atoms with Crippen LogP contribution in [-0.4, -0.2) is 92.6 Å². The van der Waals surface area contributed by atoms with Crippen molar-refractivity contribution in [3.8, 4) is 35.0 Å². The van der Waals surface area contributed by atoms with Crippen molar-refractivity contribution >= 4 is 34.1 Å². The smallest absolute Gasteiger partial charge is 0.244 e. The first kappa shape index (κ1) is 30.1. The summed E-state index contributed by atoms with van der Waals surface area (Å²) in [5.41, 5.74) is 5.18. The number of hydrogen-bond acceptors (Lipinski definition) is 8. The van der Waals surface area contributed by atoms with Gasteiger partial charge in [-0.15, -0.1) is 6.42 Å². The lowest BCUT2D eigenvalue weighted by molar-refractivity contribution is -0.133. The van der Waals surface area contributed by atoms with Crippen LogP contribution in [0.2, 0.25) is 0 Å². The number of carbonyl (C=O) groups excluding carboxylic acids is 2. The topological polar surface area (TPSA) is 123 Å². The van der Waals surface area contributed by atoms with Crippen molar-refractivity contribution in [2.45, 2.75) is 13.3 Å². The van der Waals surface area contributed by atoms with Gasteiger partial charge in [0.2, 0.25) is 11.8 Å². The third kappa shape index (κ3) is 6.15. The van der Waals surface area contributed by atoms with Gasteiger partial charge in [-0.3, -0.25) is 24.6 Å². The molecule has 2 aliphatic heterocycles. The number of carbonyl (C=O) groups is 2. The van der Waals surface area contributed by atoms with Crippen LogP contribution in [-0.2, 0) is 9.59 Å². The van der Waals surface area contributed by atoms with E-state index in [1.165, 1.54) is 0 Å². The third-order valence-corrected chi connectivity index (χ3v) is 9.10. The van der Waals surface area contributed by atoms with E-state index in [9.17, 15) is 9.59 Å². The van der Waals surface area contributed by atoms with Gasteiger partial charge < -0.3 is 15.1 Å². The van der Waals surface area contributed by atoms with Gasteiger partial charge in [0.25, 0.3) is 0 Å². The van der Waals surface area contributed by atoms with E-state index in [4.69, 9.17) is 6.42 Å². The Morgan fingerprint density at radius 2 is 1.72 bits per heavy atom. The van der Waals surface area contributed by atoms with Gasteiger partial charge in [0.1, 0.15) is 11.1 Å². The van der Waals surface area contributed by atoms with Crippen molar-refractivity contribution in [2.24, 2.45) is 5.41 Å². The van der Waals surface area contributed by atoms with Crippen molar-refractivity contribution in [1.82, 2.24) is 34.9 Å². The van der Waals surface area contributed by atoms with Crippen molar-refractivity contribution in [3.63, 3.8) is 0 Å². The molecule has 11 nitrogen and oxygen atoms in total. The molecule has 0 saturated carbocycles. The lowest BCUT2D eigenvalue weighted by atomic mass is 9.87. The summed E-state index contributed by atoms with van der Waals surface area (Å²) in [5, 5.41) is 11.5. The molecule has 1 atom stereocenters. The van der Waals surface area contributed by atoms with Gasteiger partial charge in [-0.1, -0.05) is 5.92 Å². The Labute approximate surface area is 273 Å². The van der Waals surface area contributed by atoms with Gasteiger partial charge in [-0.25, -0.2) is 9.97 Å². The average molecular weight is 626 g/mol. The molecule has 5 heterocycles. The summed E-state index contributed by atoms with van der Waals surface area (Å²) in [6, 6.07) is 19.5. The zero-order valence-electron chi connectivity index (χ0n) is 26.2. The number of amides is 2. The van der Waals surface area contributed by atoms with Gasteiger partial charge in [0, 0.05) is 91.4 Å². The van der Waals surface area contributed by atoms with Crippen LogP contribution in [0.5, 0.6) is 0 Å². The third-order valence-electron chi connectivity index (χ3n) is 9.10. The van der Waals surface area contributed by atoms with E-state index >= 15 is 0 Å². The molecule has 2 N–H and O–H groups in total. The number of benzene rings is 2. The Bertz CT molecular complexity index is 1960. The van der Waals surface area contributed by atoms with Crippen LogP contribution in [0.25, 0.3) is 33.5 Å². The largest absolute Gasteiger partial charge is 0.368 e. The molecule has 0 radical (unpaired) electrons. The second kappa shape index (κ2) is 12.7. The number of pyridine rings is 1. The molecular formula is C36H35N9O2. The Morgan fingerprint density at radius 3 is 2.47 bits per heavy atom. The minimum absolute atomic E-state index is 0.0544. The van der Waals surface area contributed by atoms with Crippen molar-refractivity contribution in [3.05, 3.63) is 84.9 Å². The zero-order valence-corrected chi connectivity index (χ0v) is 26.2. The highest BCUT2D eigenvalue weighted by molar-refractivity contribution is 6.01. The molecule has 7 rings (SSSR count). The fourth-order valence-corrected chi connectivity index (χ4v) is 6.42. The summed E-state index contributed by atoms with van der Waals surface area (Å²) in [7, 11) is 0. The monoisotopic (exact) mass is 625 g/mol. The number of piperazine rings is 1. The molecule has 0 spiro atoms. The molecule has 2 aliphatic rings. The maximum absolute atomic E-state index is 13.6. The number of terminal acetylenes is 1. The number of rotatable bonds is 7. The molecule has 236 valence electrons. The number of nitrogens with zero attached hydrogens (tertiary/aromatic N) is 7. The summed E-state index contributed by atoms with van der Waals surface area (Å²) in [4.78, 5) is 46.0. The highest BCUT2D eigenvalue weighted by Gasteiger charge is 2.44. The first-order valence-electron chi connectivity index (χ1n) is 15.7. The van der Waals surface area contributed by atoms with Gasteiger partial charge in [0.15, 0.2) is 5.82 Å². The molecule has 11 heteroatoms. The fraction of sp³-hybridized carbons (Fsp3) is 0.278. The highest BCUT2D eigenvalue weighted by Crippen LogP contribution is 2.33. The number of likely N-dealkylation sites (tertiary alicyclic amines) is 1. The standard InChI is InChI=1S/C36H35N9O2/c1-3-36(35(47)40-28-7-10-31-30(22-28)33(42-41-31)27-11-15-37-25(2)21-27)12-16-43(24-36)23-32(46)45-19-17-44(18-20-45)29-8-5-26(6-9-29)34-38-13-4-14-39-34/h1,4-11,13-15,21-22H,12,16-20,23-24H2,2H3,(H,40,47)(H,41,42). The Kier molecular flexibility index (Phi) is 8.10. The summed E-state index contributed by atoms with van der Waals surface area (Å²) >= 11 is 0.